The highest BCUT2D eigenvalue weighted by Gasteiger charge is 2.14. The smallest absolute Gasteiger partial charge is 0.256 e. The van der Waals surface area contributed by atoms with Crippen molar-refractivity contribution < 1.29 is 4.79 Å². The largest absolute Gasteiger partial charge is 0.364 e. The van der Waals surface area contributed by atoms with Gasteiger partial charge in [-0.15, -0.1) is 12.4 Å². The molecule has 0 spiro atoms. The molecule has 1 atom stereocenters. The summed E-state index contributed by atoms with van der Waals surface area (Å²) in [5.41, 5.74) is 0.718. The summed E-state index contributed by atoms with van der Waals surface area (Å²) in [5.74, 6) is 0.343. The molecule has 112 valence electrons. The van der Waals surface area contributed by atoms with Gasteiger partial charge in [0.15, 0.2) is 5.43 Å². The standard InChI is InChI=1S/C14H21N3O2.ClH/c1-10-7-13(18)12(9-17-10)14(19)16-6-4-11-3-2-5-15-8-11;/h7,9,11,15H,2-6,8H2,1H3,(H,16,19)(H,17,18);1H. The van der Waals surface area contributed by atoms with E-state index in [1.165, 1.54) is 25.1 Å². The second-order valence-electron chi connectivity index (χ2n) is 5.15. The van der Waals surface area contributed by atoms with Crippen LogP contribution in [0.15, 0.2) is 17.1 Å². The predicted octanol–water partition coefficient (Wildman–Crippen LogP) is 1.22. The van der Waals surface area contributed by atoms with Crippen LogP contribution in [0.25, 0.3) is 0 Å². The van der Waals surface area contributed by atoms with Gasteiger partial charge in [0.25, 0.3) is 5.91 Å². The van der Waals surface area contributed by atoms with E-state index in [9.17, 15) is 9.59 Å². The molecule has 0 aliphatic carbocycles. The molecule has 1 aromatic rings. The van der Waals surface area contributed by atoms with E-state index in [0.29, 0.717) is 12.5 Å². The van der Waals surface area contributed by atoms with E-state index in [0.717, 1.165) is 25.2 Å². The molecule has 0 bridgehead atoms. The van der Waals surface area contributed by atoms with Gasteiger partial charge in [-0.2, -0.15) is 0 Å². The Morgan fingerprint density at radius 2 is 2.30 bits per heavy atom. The third kappa shape index (κ3) is 4.65. The van der Waals surface area contributed by atoms with Crippen LogP contribution in [0.3, 0.4) is 0 Å². The molecule has 0 aromatic carbocycles. The van der Waals surface area contributed by atoms with Gasteiger partial charge in [-0.05, 0) is 45.2 Å². The van der Waals surface area contributed by atoms with Gasteiger partial charge in [-0.3, -0.25) is 9.59 Å². The van der Waals surface area contributed by atoms with Crippen molar-refractivity contribution in [2.45, 2.75) is 26.2 Å². The number of halogens is 1. The van der Waals surface area contributed by atoms with Crippen LogP contribution in [0.2, 0.25) is 0 Å². The van der Waals surface area contributed by atoms with Crippen LogP contribution >= 0.6 is 12.4 Å². The van der Waals surface area contributed by atoms with Crippen LogP contribution in [0, 0.1) is 12.8 Å². The van der Waals surface area contributed by atoms with E-state index in [-0.39, 0.29) is 29.3 Å². The fourth-order valence-corrected chi connectivity index (χ4v) is 2.41. The second kappa shape index (κ2) is 8.07. The van der Waals surface area contributed by atoms with E-state index >= 15 is 0 Å². The van der Waals surface area contributed by atoms with Crippen molar-refractivity contribution in [1.82, 2.24) is 15.6 Å². The highest BCUT2D eigenvalue weighted by molar-refractivity contribution is 5.93. The zero-order chi connectivity index (χ0) is 13.7. The summed E-state index contributed by atoms with van der Waals surface area (Å²) in [6.45, 7) is 4.54. The van der Waals surface area contributed by atoms with Crippen molar-refractivity contribution in [3.63, 3.8) is 0 Å². The molecule has 3 N–H and O–H groups in total. The van der Waals surface area contributed by atoms with E-state index in [1.54, 1.807) is 6.92 Å². The molecule has 1 saturated heterocycles. The van der Waals surface area contributed by atoms with E-state index in [2.05, 4.69) is 15.6 Å². The molecule has 1 aromatic heterocycles. The van der Waals surface area contributed by atoms with Crippen molar-refractivity contribution in [2.75, 3.05) is 19.6 Å². The topological polar surface area (TPSA) is 74.0 Å². The van der Waals surface area contributed by atoms with Gasteiger partial charge in [0, 0.05) is 24.5 Å². The van der Waals surface area contributed by atoms with Crippen LogP contribution in [0.4, 0.5) is 0 Å². The summed E-state index contributed by atoms with van der Waals surface area (Å²) in [6, 6.07) is 1.44. The minimum Gasteiger partial charge on any atom is -0.364 e. The summed E-state index contributed by atoms with van der Waals surface area (Å²) in [6.07, 6.45) is 4.86. The Kier molecular flexibility index (Phi) is 6.75. The van der Waals surface area contributed by atoms with Gasteiger partial charge in [-0.25, -0.2) is 0 Å². The molecule has 5 nitrogen and oxygen atoms in total. The summed E-state index contributed by atoms with van der Waals surface area (Å²) in [7, 11) is 0. The molecule has 0 radical (unpaired) electrons. The van der Waals surface area contributed by atoms with Crippen LogP contribution < -0.4 is 16.1 Å². The zero-order valence-corrected chi connectivity index (χ0v) is 12.5. The number of hydrogen-bond donors (Lipinski definition) is 3. The number of aromatic nitrogens is 1. The number of piperidine rings is 1. The molecule has 2 rings (SSSR count). The lowest BCUT2D eigenvalue weighted by molar-refractivity contribution is 0.0949. The van der Waals surface area contributed by atoms with E-state index < -0.39 is 0 Å². The Hall–Kier alpha value is -1.33. The lowest BCUT2D eigenvalue weighted by Crippen LogP contribution is -2.34. The van der Waals surface area contributed by atoms with Crippen LogP contribution in [-0.4, -0.2) is 30.5 Å². The number of aryl methyl sites for hydroxylation is 1. The van der Waals surface area contributed by atoms with Gasteiger partial charge >= 0.3 is 0 Å². The molecule has 2 heterocycles. The number of rotatable bonds is 4. The van der Waals surface area contributed by atoms with Gasteiger partial charge in [0.2, 0.25) is 0 Å². The quantitative estimate of drug-likeness (QED) is 0.783. The SMILES string of the molecule is Cc1cc(=O)c(C(=O)NCCC2CCCNC2)c[nH]1.Cl. The zero-order valence-electron chi connectivity index (χ0n) is 11.7. The summed E-state index contributed by atoms with van der Waals surface area (Å²) in [4.78, 5) is 26.4. The first-order valence-electron chi connectivity index (χ1n) is 6.85. The number of hydrogen-bond acceptors (Lipinski definition) is 3. The Labute approximate surface area is 125 Å². The van der Waals surface area contributed by atoms with Crippen molar-refractivity contribution in [2.24, 2.45) is 5.92 Å². The highest BCUT2D eigenvalue weighted by atomic mass is 35.5. The molecule has 0 saturated carbocycles. The predicted molar refractivity (Wildman–Crippen MR) is 81.6 cm³/mol. The first-order valence-corrected chi connectivity index (χ1v) is 6.85. The first kappa shape index (κ1) is 16.7. The Morgan fingerprint density at radius 1 is 1.50 bits per heavy atom. The molecule has 1 aliphatic heterocycles. The molecule has 1 aliphatic rings. The Morgan fingerprint density at radius 3 is 2.95 bits per heavy atom. The maximum atomic E-state index is 11.9. The summed E-state index contributed by atoms with van der Waals surface area (Å²) < 4.78 is 0. The summed E-state index contributed by atoms with van der Waals surface area (Å²) in [5, 5.41) is 6.17. The lowest BCUT2D eigenvalue weighted by atomic mass is 9.96. The Balaban J connectivity index is 0.00000200. The molecular formula is C14H22ClN3O2. The van der Waals surface area contributed by atoms with Crippen LogP contribution in [-0.2, 0) is 0 Å². The average Bonchev–Trinajstić information content (AvgIpc) is 2.39. The summed E-state index contributed by atoms with van der Waals surface area (Å²) >= 11 is 0. The van der Waals surface area contributed by atoms with Gasteiger partial charge in [-0.1, -0.05) is 0 Å². The van der Waals surface area contributed by atoms with Crippen molar-refractivity contribution in [3.05, 3.63) is 33.7 Å². The minimum atomic E-state index is -0.287. The number of pyridine rings is 1. The maximum Gasteiger partial charge on any atom is 0.256 e. The number of aromatic amines is 1. The molecule has 20 heavy (non-hydrogen) atoms. The highest BCUT2D eigenvalue weighted by Crippen LogP contribution is 2.12. The monoisotopic (exact) mass is 299 g/mol. The van der Waals surface area contributed by atoms with Gasteiger partial charge < -0.3 is 15.6 Å². The van der Waals surface area contributed by atoms with Crippen LogP contribution in [0.1, 0.15) is 35.3 Å². The number of H-pyrrole nitrogens is 1. The average molecular weight is 300 g/mol. The minimum absolute atomic E-state index is 0. The third-order valence-electron chi connectivity index (χ3n) is 3.54. The van der Waals surface area contributed by atoms with Gasteiger partial charge in [0.05, 0.1) is 0 Å². The van der Waals surface area contributed by atoms with E-state index in [1.807, 2.05) is 0 Å². The fourth-order valence-electron chi connectivity index (χ4n) is 2.41. The molecule has 1 unspecified atom stereocenters. The van der Waals surface area contributed by atoms with Gasteiger partial charge in [0.1, 0.15) is 5.56 Å². The number of amides is 1. The normalized spacial score (nSPS) is 18.1. The second-order valence-corrected chi connectivity index (χ2v) is 5.15. The van der Waals surface area contributed by atoms with Crippen LogP contribution in [0.5, 0.6) is 0 Å². The maximum absolute atomic E-state index is 11.9. The lowest BCUT2D eigenvalue weighted by Gasteiger charge is -2.22. The van der Waals surface area contributed by atoms with E-state index in [4.69, 9.17) is 0 Å². The number of carbonyl (C=O) groups excluding carboxylic acids is 1. The number of carbonyl (C=O) groups is 1. The Bertz CT molecular complexity index is 495. The van der Waals surface area contributed by atoms with Crippen molar-refractivity contribution in [3.8, 4) is 0 Å². The molecular weight excluding hydrogens is 278 g/mol. The molecule has 1 fully saturated rings. The van der Waals surface area contributed by atoms with Crippen molar-refractivity contribution >= 4 is 18.3 Å². The number of nitrogens with one attached hydrogen (secondary N) is 3. The molecule has 6 heteroatoms. The third-order valence-corrected chi connectivity index (χ3v) is 3.54. The molecule has 1 amide bonds. The first-order chi connectivity index (χ1) is 9.16. The van der Waals surface area contributed by atoms with Crippen molar-refractivity contribution in [1.29, 1.82) is 0 Å². The fraction of sp³-hybridized carbons (Fsp3) is 0.571.